The van der Waals surface area contributed by atoms with E-state index in [4.69, 9.17) is 9.47 Å². The molecule has 1 N–H and O–H groups in total. The first-order valence-corrected chi connectivity index (χ1v) is 6.66. The molecule has 104 valence electrons. The van der Waals surface area contributed by atoms with Gasteiger partial charge in [0.1, 0.15) is 5.41 Å². The molecule has 0 aromatic carbocycles. The molecular weight excluding hydrogens is 232 g/mol. The Labute approximate surface area is 109 Å². The molecule has 0 amide bonds. The number of carbonyl (C=O) groups is 1. The van der Waals surface area contributed by atoms with Gasteiger partial charge in [-0.3, -0.25) is 4.79 Å². The molecule has 2 aliphatic rings. The van der Waals surface area contributed by atoms with E-state index in [1.807, 2.05) is 7.05 Å². The van der Waals surface area contributed by atoms with Crippen molar-refractivity contribution < 1.29 is 14.3 Å². The molecular formula is C13H24N2O3. The maximum atomic E-state index is 12.1. The molecule has 2 fully saturated rings. The number of esters is 1. The minimum absolute atomic E-state index is 0.132. The Bertz CT molecular complexity index is 297. The van der Waals surface area contributed by atoms with Crippen molar-refractivity contribution in [2.75, 3.05) is 47.5 Å². The zero-order valence-corrected chi connectivity index (χ0v) is 11.6. The normalized spacial score (nSPS) is 26.4. The number of hydrogen-bond donors (Lipinski definition) is 1. The summed E-state index contributed by atoms with van der Waals surface area (Å²) in [4.78, 5) is 14.4. The summed E-state index contributed by atoms with van der Waals surface area (Å²) in [7, 11) is 5.54. The molecule has 1 unspecified atom stereocenters. The summed E-state index contributed by atoms with van der Waals surface area (Å²) in [6.45, 7) is 3.16. The van der Waals surface area contributed by atoms with Crippen molar-refractivity contribution in [2.45, 2.75) is 18.9 Å². The van der Waals surface area contributed by atoms with Gasteiger partial charge in [0, 0.05) is 6.04 Å². The van der Waals surface area contributed by atoms with E-state index < -0.39 is 5.41 Å². The number of likely N-dealkylation sites (tertiary alicyclic amines) is 1. The number of piperidine rings is 1. The van der Waals surface area contributed by atoms with Crippen molar-refractivity contribution in [3.63, 3.8) is 0 Å². The number of carbonyl (C=O) groups excluding carboxylic acids is 1. The summed E-state index contributed by atoms with van der Waals surface area (Å²) in [6, 6.07) is 0.160. The highest BCUT2D eigenvalue weighted by Crippen LogP contribution is 2.39. The molecule has 0 spiro atoms. The Morgan fingerprint density at radius 3 is 2.44 bits per heavy atom. The van der Waals surface area contributed by atoms with Gasteiger partial charge < -0.3 is 19.7 Å². The highest BCUT2D eigenvalue weighted by molar-refractivity contribution is 5.79. The van der Waals surface area contributed by atoms with Crippen LogP contribution in [0.3, 0.4) is 0 Å². The zero-order valence-electron chi connectivity index (χ0n) is 11.6. The molecule has 0 aromatic heterocycles. The third kappa shape index (κ3) is 2.27. The number of hydrogen-bond acceptors (Lipinski definition) is 5. The maximum Gasteiger partial charge on any atom is 0.318 e. The van der Waals surface area contributed by atoms with Gasteiger partial charge in [-0.15, -0.1) is 0 Å². The summed E-state index contributed by atoms with van der Waals surface area (Å²) < 4.78 is 10.3. The lowest BCUT2D eigenvalue weighted by Gasteiger charge is -2.48. The predicted octanol–water partition coefficient (Wildman–Crippen LogP) is 0.106. The summed E-state index contributed by atoms with van der Waals surface area (Å²) in [5.41, 5.74) is -0.468. The molecule has 1 atom stereocenters. The molecule has 18 heavy (non-hydrogen) atoms. The van der Waals surface area contributed by atoms with Gasteiger partial charge in [-0.1, -0.05) is 0 Å². The molecule has 0 bridgehead atoms. The van der Waals surface area contributed by atoms with E-state index in [1.165, 1.54) is 7.11 Å². The van der Waals surface area contributed by atoms with Crippen molar-refractivity contribution in [1.29, 1.82) is 0 Å². The number of rotatable bonds is 4. The first-order valence-electron chi connectivity index (χ1n) is 6.66. The molecule has 0 radical (unpaired) electrons. The van der Waals surface area contributed by atoms with Crippen LogP contribution in [-0.2, 0) is 14.3 Å². The van der Waals surface area contributed by atoms with Crippen LogP contribution in [0, 0.1) is 11.3 Å². The van der Waals surface area contributed by atoms with Gasteiger partial charge in [-0.2, -0.15) is 0 Å². The van der Waals surface area contributed by atoms with Crippen LogP contribution in [0.15, 0.2) is 0 Å². The van der Waals surface area contributed by atoms with E-state index in [9.17, 15) is 4.79 Å². The van der Waals surface area contributed by atoms with Crippen LogP contribution in [0.4, 0.5) is 0 Å². The number of ether oxygens (including phenoxy) is 2. The van der Waals surface area contributed by atoms with Crippen LogP contribution in [0.25, 0.3) is 0 Å². The van der Waals surface area contributed by atoms with Crippen LogP contribution in [0.5, 0.6) is 0 Å². The minimum Gasteiger partial charge on any atom is -0.468 e. The van der Waals surface area contributed by atoms with Crippen molar-refractivity contribution in [3.8, 4) is 0 Å². The Hall–Kier alpha value is -0.650. The van der Waals surface area contributed by atoms with Gasteiger partial charge in [-0.25, -0.2) is 0 Å². The Morgan fingerprint density at radius 1 is 1.44 bits per heavy atom. The average molecular weight is 256 g/mol. The summed E-state index contributed by atoms with van der Waals surface area (Å²) >= 11 is 0. The van der Waals surface area contributed by atoms with Crippen LogP contribution in [0.1, 0.15) is 12.8 Å². The fraction of sp³-hybridized carbons (Fsp3) is 0.923. The third-order valence-electron chi connectivity index (χ3n) is 4.45. The highest BCUT2D eigenvalue weighted by Gasteiger charge is 2.55. The second-order valence-corrected chi connectivity index (χ2v) is 5.55. The topological polar surface area (TPSA) is 50.8 Å². The standard InChI is InChI=1S/C13H24N2O3/c1-14-11(10-4-6-15(2)7-5-10)13(8-18-9-13)12(16)17-3/h10-11,14H,4-9H2,1-3H3. The molecule has 0 saturated carbocycles. The fourth-order valence-electron chi connectivity index (χ4n) is 3.27. The second kappa shape index (κ2) is 5.55. The molecule has 0 aliphatic carbocycles. The van der Waals surface area contributed by atoms with Gasteiger partial charge in [-0.05, 0) is 45.9 Å². The maximum absolute atomic E-state index is 12.1. The summed E-state index contributed by atoms with van der Waals surface area (Å²) in [5.74, 6) is 0.390. The summed E-state index contributed by atoms with van der Waals surface area (Å²) in [6.07, 6.45) is 2.25. The predicted molar refractivity (Wildman–Crippen MR) is 68.3 cm³/mol. The average Bonchev–Trinajstić information content (AvgIpc) is 2.34. The van der Waals surface area contributed by atoms with Gasteiger partial charge >= 0.3 is 5.97 Å². The van der Waals surface area contributed by atoms with Gasteiger partial charge in [0.15, 0.2) is 0 Å². The number of methoxy groups -OCH3 is 1. The lowest BCUT2D eigenvalue weighted by atomic mass is 9.70. The summed E-state index contributed by atoms with van der Waals surface area (Å²) in [5, 5.41) is 3.35. The number of nitrogens with one attached hydrogen (secondary N) is 1. The lowest BCUT2D eigenvalue weighted by Crippen LogP contribution is -2.64. The smallest absolute Gasteiger partial charge is 0.318 e. The Morgan fingerprint density at radius 2 is 2.06 bits per heavy atom. The van der Waals surface area contributed by atoms with E-state index in [0.717, 1.165) is 25.9 Å². The van der Waals surface area contributed by atoms with E-state index in [1.54, 1.807) is 0 Å². The quantitative estimate of drug-likeness (QED) is 0.723. The van der Waals surface area contributed by atoms with Crippen LogP contribution in [-0.4, -0.2) is 64.4 Å². The van der Waals surface area contributed by atoms with Crippen LogP contribution in [0.2, 0.25) is 0 Å². The van der Waals surface area contributed by atoms with Gasteiger partial charge in [0.25, 0.3) is 0 Å². The van der Waals surface area contributed by atoms with Crippen molar-refractivity contribution >= 4 is 5.97 Å². The molecule has 2 rings (SSSR count). The van der Waals surface area contributed by atoms with Crippen LogP contribution >= 0.6 is 0 Å². The molecule has 0 aromatic rings. The van der Waals surface area contributed by atoms with Crippen molar-refractivity contribution in [2.24, 2.45) is 11.3 Å². The third-order valence-corrected chi connectivity index (χ3v) is 4.45. The molecule has 5 nitrogen and oxygen atoms in total. The number of nitrogens with zero attached hydrogens (tertiary/aromatic N) is 1. The largest absolute Gasteiger partial charge is 0.468 e. The zero-order chi connectivity index (χ0) is 13.2. The molecule has 5 heteroatoms. The first-order chi connectivity index (χ1) is 8.64. The molecule has 2 saturated heterocycles. The first kappa shape index (κ1) is 13.8. The van der Waals surface area contributed by atoms with E-state index in [-0.39, 0.29) is 12.0 Å². The van der Waals surface area contributed by atoms with Gasteiger partial charge in [0.05, 0.1) is 20.3 Å². The highest BCUT2D eigenvalue weighted by atomic mass is 16.5. The molecule has 2 heterocycles. The fourth-order valence-corrected chi connectivity index (χ4v) is 3.27. The lowest BCUT2D eigenvalue weighted by molar-refractivity contribution is -0.193. The SMILES string of the molecule is CNC(C1CCN(C)CC1)C1(C(=O)OC)COC1. The Balaban J connectivity index is 2.09. The van der Waals surface area contributed by atoms with E-state index >= 15 is 0 Å². The van der Waals surface area contributed by atoms with E-state index in [2.05, 4.69) is 17.3 Å². The minimum atomic E-state index is -0.468. The monoisotopic (exact) mass is 256 g/mol. The Kier molecular flexibility index (Phi) is 4.25. The van der Waals surface area contributed by atoms with Crippen molar-refractivity contribution in [1.82, 2.24) is 10.2 Å². The van der Waals surface area contributed by atoms with Gasteiger partial charge in [0.2, 0.25) is 0 Å². The molecule has 2 aliphatic heterocycles. The van der Waals surface area contributed by atoms with Crippen molar-refractivity contribution in [3.05, 3.63) is 0 Å². The van der Waals surface area contributed by atoms with Crippen LogP contribution < -0.4 is 5.32 Å². The van der Waals surface area contributed by atoms with E-state index in [0.29, 0.717) is 19.1 Å². The second-order valence-electron chi connectivity index (χ2n) is 5.55.